The second-order valence-electron chi connectivity index (χ2n) is 6.78. The van der Waals surface area contributed by atoms with Gasteiger partial charge in [-0.15, -0.1) is 0 Å². The van der Waals surface area contributed by atoms with Crippen molar-refractivity contribution in [3.8, 4) is 0 Å². The van der Waals surface area contributed by atoms with Crippen LogP contribution >= 0.6 is 0 Å². The molecule has 1 aliphatic heterocycles. The molecule has 0 aliphatic carbocycles. The molecule has 0 aromatic heterocycles. The van der Waals surface area contributed by atoms with Gasteiger partial charge in [0.05, 0.1) is 0 Å². The second-order valence-corrected chi connectivity index (χ2v) is 6.78. The summed E-state index contributed by atoms with van der Waals surface area (Å²) >= 11 is 0. The maximum absolute atomic E-state index is 8.91. The Bertz CT molecular complexity index is 470. The standard InChI is InChI=1S/C17H27N3O/c1-17(2)9-6-11-20(12-10-17)15(13-16(18)19-21)14-7-4-3-5-8-14/h3-5,7-8,15,21H,6,9-13H2,1-2H3,(H2,18,19). The van der Waals surface area contributed by atoms with Crippen LogP contribution in [-0.4, -0.2) is 29.0 Å². The minimum Gasteiger partial charge on any atom is -0.409 e. The molecule has 3 N–H and O–H groups in total. The van der Waals surface area contributed by atoms with E-state index in [2.05, 4.69) is 48.2 Å². The number of amidine groups is 1. The first-order valence-corrected chi connectivity index (χ1v) is 7.77. The lowest BCUT2D eigenvalue weighted by Crippen LogP contribution is -2.33. The molecule has 0 bridgehead atoms. The van der Waals surface area contributed by atoms with Gasteiger partial charge in [-0.3, -0.25) is 4.90 Å². The molecule has 21 heavy (non-hydrogen) atoms. The minimum absolute atomic E-state index is 0.191. The minimum atomic E-state index is 0.191. The Balaban J connectivity index is 2.19. The molecule has 1 atom stereocenters. The van der Waals surface area contributed by atoms with Crippen molar-refractivity contribution in [3.05, 3.63) is 35.9 Å². The summed E-state index contributed by atoms with van der Waals surface area (Å²) in [6.07, 6.45) is 4.22. The van der Waals surface area contributed by atoms with Gasteiger partial charge < -0.3 is 10.9 Å². The molecular weight excluding hydrogens is 262 g/mol. The number of nitrogens with two attached hydrogens (primary N) is 1. The molecular formula is C17H27N3O. The van der Waals surface area contributed by atoms with Crippen molar-refractivity contribution >= 4 is 5.84 Å². The highest BCUT2D eigenvalue weighted by Crippen LogP contribution is 2.34. The van der Waals surface area contributed by atoms with E-state index in [-0.39, 0.29) is 6.04 Å². The molecule has 1 saturated heterocycles. The third-order valence-corrected chi connectivity index (χ3v) is 4.53. The third kappa shape index (κ3) is 4.46. The second kappa shape index (κ2) is 6.94. The van der Waals surface area contributed by atoms with Crippen molar-refractivity contribution < 1.29 is 5.21 Å². The zero-order chi connectivity index (χ0) is 15.3. The Morgan fingerprint density at radius 3 is 2.67 bits per heavy atom. The van der Waals surface area contributed by atoms with E-state index in [9.17, 15) is 0 Å². The van der Waals surface area contributed by atoms with Crippen molar-refractivity contribution in [3.63, 3.8) is 0 Å². The number of rotatable bonds is 4. The quantitative estimate of drug-likeness (QED) is 0.386. The molecule has 4 heteroatoms. The van der Waals surface area contributed by atoms with Crippen molar-refractivity contribution in [1.82, 2.24) is 4.90 Å². The summed E-state index contributed by atoms with van der Waals surface area (Å²) in [6, 6.07) is 10.6. The van der Waals surface area contributed by atoms with Crippen molar-refractivity contribution in [2.75, 3.05) is 13.1 Å². The molecule has 0 saturated carbocycles. The van der Waals surface area contributed by atoms with E-state index in [0.717, 1.165) is 13.1 Å². The van der Waals surface area contributed by atoms with E-state index in [4.69, 9.17) is 10.9 Å². The predicted octanol–water partition coefficient (Wildman–Crippen LogP) is 3.38. The molecule has 1 fully saturated rings. The smallest absolute Gasteiger partial charge is 0.141 e. The summed E-state index contributed by atoms with van der Waals surface area (Å²) in [4.78, 5) is 2.49. The highest BCUT2D eigenvalue weighted by molar-refractivity contribution is 5.80. The monoisotopic (exact) mass is 289 g/mol. The van der Waals surface area contributed by atoms with Gasteiger partial charge in [-0.2, -0.15) is 0 Å². The molecule has 1 aromatic rings. The molecule has 0 spiro atoms. The fraction of sp³-hybridized carbons (Fsp3) is 0.588. The van der Waals surface area contributed by atoms with E-state index < -0.39 is 0 Å². The molecule has 2 rings (SSSR count). The first-order chi connectivity index (χ1) is 10.0. The lowest BCUT2D eigenvalue weighted by molar-refractivity contribution is 0.198. The summed E-state index contributed by atoms with van der Waals surface area (Å²) in [5.41, 5.74) is 7.43. The topological polar surface area (TPSA) is 61.8 Å². The van der Waals surface area contributed by atoms with Gasteiger partial charge in [0.2, 0.25) is 0 Å². The van der Waals surface area contributed by atoms with Gasteiger partial charge >= 0.3 is 0 Å². The molecule has 4 nitrogen and oxygen atoms in total. The molecule has 116 valence electrons. The summed E-state index contributed by atoms with van der Waals surface area (Å²) in [5, 5.41) is 12.1. The van der Waals surface area contributed by atoms with Crippen LogP contribution in [-0.2, 0) is 0 Å². The van der Waals surface area contributed by atoms with E-state index in [1.165, 1.54) is 24.8 Å². The van der Waals surface area contributed by atoms with Crippen molar-refractivity contribution in [2.24, 2.45) is 16.3 Å². The summed E-state index contributed by atoms with van der Waals surface area (Å²) in [7, 11) is 0. The Labute approximate surface area is 127 Å². The van der Waals surface area contributed by atoms with Crippen molar-refractivity contribution in [1.29, 1.82) is 0 Å². The highest BCUT2D eigenvalue weighted by atomic mass is 16.4. The number of likely N-dealkylation sites (tertiary alicyclic amines) is 1. The van der Waals surface area contributed by atoms with Gasteiger partial charge in [0.1, 0.15) is 5.84 Å². The summed E-state index contributed by atoms with van der Waals surface area (Å²) < 4.78 is 0. The van der Waals surface area contributed by atoms with E-state index in [1.54, 1.807) is 0 Å². The number of hydrogen-bond acceptors (Lipinski definition) is 3. The maximum atomic E-state index is 8.91. The SMILES string of the molecule is CC1(C)CCCN(C(CC(N)=NO)c2ccccc2)CC1. The average molecular weight is 289 g/mol. The Hall–Kier alpha value is -1.55. The molecule has 1 unspecified atom stereocenters. The highest BCUT2D eigenvalue weighted by Gasteiger charge is 2.28. The molecule has 0 amide bonds. The van der Waals surface area contributed by atoms with E-state index >= 15 is 0 Å². The van der Waals surface area contributed by atoms with Crippen LogP contribution < -0.4 is 5.73 Å². The van der Waals surface area contributed by atoms with Crippen LogP contribution in [0, 0.1) is 5.41 Å². The van der Waals surface area contributed by atoms with E-state index in [0.29, 0.717) is 17.7 Å². The zero-order valence-corrected chi connectivity index (χ0v) is 13.1. The maximum Gasteiger partial charge on any atom is 0.141 e. The van der Waals surface area contributed by atoms with Crippen LogP contribution in [0.15, 0.2) is 35.5 Å². The van der Waals surface area contributed by atoms with Gasteiger partial charge in [0, 0.05) is 12.5 Å². The Kier molecular flexibility index (Phi) is 5.23. The van der Waals surface area contributed by atoms with Gasteiger partial charge in [0.25, 0.3) is 0 Å². The third-order valence-electron chi connectivity index (χ3n) is 4.53. The number of hydrogen-bond donors (Lipinski definition) is 2. The number of oxime groups is 1. The molecule has 0 radical (unpaired) electrons. The van der Waals surface area contributed by atoms with Crippen LogP contribution in [0.2, 0.25) is 0 Å². The van der Waals surface area contributed by atoms with Crippen molar-refractivity contribution in [2.45, 2.75) is 45.6 Å². The van der Waals surface area contributed by atoms with Crippen LogP contribution in [0.4, 0.5) is 0 Å². The van der Waals surface area contributed by atoms with Crippen LogP contribution in [0.1, 0.15) is 51.1 Å². The normalized spacial score (nSPS) is 21.7. The first kappa shape index (κ1) is 15.8. The Morgan fingerprint density at radius 2 is 2.00 bits per heavy atom. The molecule has 1 aliphatic rings. The largest absolute Gasteiger partial charge is 0.409 e. The van der Waals surface area contributed by atoms with Gasteiger partial charge in [-0.1, -0.05) is 49.3 Å². The van der Waals surface area contributed by atoms with Crippen LogP contribution in [0.3, 0.4) is 0 Å². The predicted molar refractivity (Wildman–Crippen MR) is 86.4 cm³/mol. The fourth-order valence-electron chi connectivity index (χ4n) is 3.13. The van der Waals surface area contributed by atoms with Crippen LogP contribution in [0.25, 0.3) is 0 Å². The van der Waals surface area contributed by atoms with Gasteiger partial charge in [0.15, 0.2) is 0 Å². The molecule has 1 aromatic carbocycles. The van der Waals surface area contributed by atoms with Crippen LogP contribution in [0.5, 0.6) is 0 Å². The zero-order valence-electron chi connectivity index (χ0n) is 13.1. The lowest BCUT2D eigenvalue weighted by atomic mass is 9.85. The number of nitrogens with zero attached hydrogens (tertiary/aromatic N) is 2. The molecule has 1 heterocycles. The van der Waals surface area contributed by atoms with E-state index in [1.807, 2.05) is 6.07 Å². The fourth-order valence-corrected chi connectivity index (χ4v) is 3.13. The lowest BCUT2D eigenvalue weighted by Gasteiger charge is -2.31. The summed E-state index contributed by atoms with van der Waals surface area (Å²) in [5.74, 6) is 0.298. The summed E-state index contributed by atoms with van der Waals surface area (Å²) in [6.45, 7) is 6.82. The first-order valence-electron chi connectivity index (χ1n) is 7.77. The van der Waals surface area contributed by atoms with Gasteiger partial charge in [-0.05, 0) is 43.3 Å². The average Bonchev–Trinajstić information content (AvgIpc) is 2.66. The van der Waals surface area contributed by atoms with Gasteiger partial charge in [-0.25, -0.2) is 0 Å². The number of benzene rings is 1. The Morgan fingerprint density at radius 1 is 1.29 bits per heavy atom.